The molecule has 0 spiro atoms. The Morgan fingerprint density at radius 3 is 1.35 bits per heavy atom. The van der Waals surface area contributed by atoms with Gasteiger partial charge in [-0.15, -0.1) is 0 Å². The van der Waals surface area contributed by atoms with E-state index in [0.29, 0.717) is 6.42 Å². The number of rotatable bonds is 37. The standard InChI is InChI=1S/C44H78O4/c1-3-5-7-9-11-12-13-14-15-16-17-18-19-20-21-22-23-24-25-26-28-33-37-41-44(47)48-42(38-34-30-27-10-8-6-4-2)39-35-31-29-32-36-40-43(45)46/h5,7,11-12,14-15,17-18,42H,3-4,6,8-10,13,16,19-41H2,1-2H3,(H,45,46)/b7-5-,12-11-,15-14-,18-17-. The Balaban J connectivity index is 3.82. The molecule has 4 nitrogen and oxygen atoms in total. The Hall–Kier alpha value is -2.10. The lowest BCUT2D eigenvalue weighted by Gasteiger charge is -2.18. The Morgan fingerprint density at radius 2 is 0.875 bits per heavy atom. The van der Waals surface area contributed by atoms with Crippen molar-refractivity contribution >= 4 is 11.9 Å². The normalized spacial score (nSPS) is 12.7. The molecule has 0 amide bonds. The van der Waals surface area contributed by atoms with Gasteiger partial charge in [0.2, 0.25) is 0 Å². The van der Waals surface area contributed by atoms with Gasteiger partial charge in [0.25, 0.3) is 0 Å². The molecule has 1 unspecified atom stereocenters. The van der Waals surface area contributed by atoms with Crippen LogP contribution in [0.4, 0.5) is 0 Å². The lowest BCUT2D eigenvalue weighted by Crippen LogP contribution is -2.18. The van der Waals surface area contributed by atoms with Crippen LogP contribution in [-0.4, -0.2) is 23.1 Å². The molecule has 0 aliphatic carbocycles. The Labute approximate surface area is 298 Å². The van der Waals surface area contributed by atoms with Gasteiger partial charge in [0.1, 0.15) is 6.10 Å². The van der Waals surface area contributed by atoms with Crippen LogP contribution in [0.5, 0.6) is 0 Å². The van der Waals surface area contributed by atoms with Crippen LogP contribution in [-0.2, 0) is 14.3 Å². The van der Waals surface area contributed by atoms with Gasteiger partial charge in [-0.25, -0.2) is 0 Å². The average molecular weight is 671 g/mol. The van der Waals surface area contributed by atoms with Gasteiger partial charge in [0.05, 0.1) is 0 Å². The molecule has 0 fully saturated rings. The summed E-state index contributed by atoms with van der Waals surface area (Å²) in [6, 6.07) is 0. The van der Waals surface area contributed by atoms with Crippen molar-refractivity contribution in [1.29, 1.82) is 0 Å². The fourth-order valence-electron chi connectivity index (χ4n) is 6.06. The number of carboxylic acid groups (broad SMARTS) is 1. The second-order valence-electron chi connectivity index (χ2n) is 13.8. The van der Waals surface area contributed by atoms with E-state index in [1.165, 1.54) is 96.3 Å². The third-order valence-corrected chi connectivity index (χ3v) is 9.07. The first-order valence-electron chi connectivity index (χ1n) is 20.6. The molecule has 48 heavy (non-hydrogen) atoms. The Kier molecular flexibility index (Phi) is 37.6. The van der Waals surface area contributed by atoms with Gasteiger partial charge in [-0.05, 0) is 77.0 Å². The second-order valence-corrected chi connectivity index (χ2v) is 13.8. The lowest BCUT2D eigenvalue weighted by molar-refractivity contribution is -0.150. The number of hydrogen-bond acceptors (Lipinski definition) is 3. The first kappa shape index (κ1) is 45.9. The summed E-state index contributed by atoms with van der Waals surface area (Å²) in [5, 5.41) is 8.80. The highest BCUT2D eigenvalue weighted by atomic mass is 16.5. The number of hydrogen-bond donors (Lipinski definition) is 1. The van der Waals surface area contributed by atoms with Crippen LogP contribution in [0.3, 0.4) is 0 Å². The largest absolute Gasteiger partial charge is 0.481 e. The maximum atomic E-state index is 12.6. The zero-order valence-electron chi connectivity index (χ0n) is 31.8. The molecule has 0 heterocycles. The van der Waals surface area contributed by atoms with E-state index in [4.69, 9.17) is 9.84 Å². The highest BCUT2D eigenvalue weighted by Gasteiger charge is 2.14. The SMILES string of the molecule is CC/C=C\C/C=C\C/C=C\C/C=C\CCCCCCCCCCCCC(=O)OC(CCCCCCCCC)CCCCCCCC(=O)O. The molecule has 0 rings (SSSR count). The summed E-state index contributed by atoms with van der Waals surface area (Å²) < 4.78 is 5.98. The van der Waals surface area contributed by atoms with Gasteiger partial charge in [0.15, 0.2) is 0 Å². The molecule has 0 radical (unpaired) electrons. The molecule has 1 atom stereocenters. The van der Waals surface area contributed by atoms with Crippen molar-refractivity contribution in [1.82, 2.24) is 0 Å². The molecule has 0 aliphatic heterocycles. The van der Waals surface area contributed by atoms with Crippen LogP contribution >= 0.6 is 0 Å². The van der Waals surface area contributed by atoms with Crippen LogP contribution in [0.15, 0.2) is 48.6 Å². The zero-order valence-corrected chi connectivity index (χ0v) is 31.8. The number of carbonyl (C=O) groups is 2. The van der Waals surface area contributed by atoms with Gasteiger partial charge in [-0.3, -0.25) is 9.59 Å². The topological polar surface area (TPSA) is 63.6 Å². The molecule has 0 aromatic heterocycles. The zero-order chi connectivity index (χ0) is 35.0. The molecule has 4 heteroatoms. The van der Waals surface area contributed by atoms with Gasteiger partial charge >= 0.3 is 11.9 Å². The van der Waals surface area contributed by atoms with E-state index in [9.17, 15) is 9.59 Å². The number of allylic oxidation sites excluding steroid dienone is 8. The van der Waals surface area contributed by atoms with Crippen molar-refractivity contribution < 1.29 is 19.4 Å². The smallest absolute Gasteiger partial charge is 0.306 e. The predicted molar refractivity (Wildman–Crippen MR) is 209 cm³/mol. The molecule has 0 aliphatic rings. The summed E-state index contributed by atoms with van der Waals surface area (Å²) in [5.74, 6) is -0.707. The molecule has 0 saturated carbocycles. The van der Waals surface area contributed by atoms with E-state index >= 15 is 0 Å². The fraction of sp³-hybridized carbons (Fsp3) is 0.773. The minimum Gasteiger partial charge on any atom is -0.481 e. The van der Waals surface area contributed by atoms with Crippen LogP contribution in [0.1, 0.15) is 213 Å². The highest BCUT2D eigenvalue weighted by Crippen LogP contribution is 2.19. The third kappa shape index (κ3) is 38.3. The maximum absolute atomic E-state index is 12.6. The van der Waals surface area contributed by atoms with Crippen molar-refractivity contribution in [2.75, 3.05) is 0 Å². The summed E-state index contributed by atoms with van der Waals surface area (Å²) in [6.07, 6.45) is 52.9. The molecule has 1 N–H and O–H groups in total. The fourth-order valence-corrected chi connectivity index (χ4v) is 6.06. The Bertz CT molecular complexity index is 809. The quantitative estimate of drug-likeness (QED) is 0.0406. The van der Waals surface area contributed by atoms with E-state index in [2.05, 4.69) is 62.5 Å². The highest BCUT2D eigenvalue weighted by molar-refractivity contribution is 5.69. The average Bonchev–Trinajstić information content (AvgIpc) is 3.07. The molecule has 0 bridgehead atoms. The Morgan fingerprint density at radius 1 is 0.479 bits per heavy atom. The maximum Gasteiger partial charge on any atom is 0.306 e. The minimum atomic E-state index is -0.702. The minimum absolute atomic E-state index is 0.00493. The summed E-state index contributed by atoms with van der Waals surface area (Å²) >= 11 is 0. The van der Waals surface area contributed by atoms with Gasteiger partial charge in [-0.1, -0.05) is 172 Å². The first-order valence-corrected chi connectivity index (χ1v) is 20.6. The van der Waals surface area contributed by atoms with Crippen molar-refractivity contribution in [3.05, 3.63) is 48.6 Å². The monoisotopic (exact) mass is 671 g/mol. The summed E-state index contributed by atoms with van der Waals surface area (Å²) in [4.78, 5) is 23.3. The molecule has 0 aromatic carbocycles. The first-order chi connectivity index (χ1) is 23.6. The molecule has 0 aromatic rings. The summed E-state index contributed by atoms with van der Waals surface area (Å²) in [6.45, 7) is 4.42. The predicted octanol–water partition coefficient (Wildman–Crippen LogP) is 14.3. The van der Waals surface area contributed by atoms with E-state index in [-0.39, 0.29) is 18.5 Å². The lowest BCUT2D eigenvalue weighted by atomic mass is 10.0. The van der Waals surface area contributed by atoms with Crippen LogP contribution in [0, 0.1) is 0 Å². The number of carbonyl (C=O) groups excluding carboxylic acids is 1. The van der Waals surface area contributed by atoms with Crippen molar-refractivity contribution in [3.8, 4) is 0 Å². The van der Waals surface area contributed by atoms with E-state index < -0.39 is 5.97 Å². The van der Waals surface area contributed by atoms with Crippen molar-refractivity contribution in [2.45, 2.75) is 219 Å². The van der Waals surface area contributed by atoms with E-state index in [0.717, 1.165) is 89.9 Å². The van der Waals surface area contributed by atoms with Crippen LogP contribution in [0.2, 0.25) is 0 Å². The summed E-state index contributed by atoms with van der Waals surface area (Å²) in [5.41, 5.74) is 0. The van der Waals surface area contributed by atoms with Crippen molar-refractivity contribution in [3.63, 3.8) is 0 Å². The number of esters is 1. The number of unbranched alkanes of at least 4 members (excludes halogenated alkanes) is 20. The van der Waals surface area contributed by atoms with Crippen LogP contribution < -0.4 is 0 Å². The number of ether oxygens (including phenoxy) is 1. The van der Waals surface area contributed by atoms with Gasteiger partial charge in [0, 0.05) is 12.8 Å². The molecule has 0 saturated heterocycles. The van der Waals surface area contributed by atoms with E-state index in [1.54, 1.807) is 0 Å². The van der Waals surface area contributed by atoms with Gasteiger partial charge < -0.3 is 9.84 Å². The molecule has 278 valence electrons. The molecular formula is C44H78O4. The van der Waals surface area contributed by atoms with E-state index in [1.807, 2.05) is 0 Å². The number of aliphatic carboxylic acids is 1. The van der Waals surface area contributed by atoms with Gasteiger partial charge in [-0.2, -0.15) is 0 Å². The van der Waals surface area contributed by atoms with Crippen LogP contribution in [0.25, 0.3) is 0 Å². The molecular weight excluding hydrogens is 592 g/mol. The third-order valence-electron chi connectivity index (χ3n) is 9.07. The number of carboxylic acids is 1. The summed E-state index contributed by atoms with van der Waals surface area (Å²) in [7, 11) is 0. The van der Waals surface area contributed by atoms with Crippen molar-refractivity contribution in [2.24, 2.45) is 0 Å². The second kappa shape index (κ2) is 39.3.